The highest BCUT2D eigenvalue weighted by Gasteiger charge is 2.13. The molecule has 2 aromatic rings. The predicted molar refractivity (Wildman–Crippen MR) is 102 cm³/mol. The molecule has 0 bridgehead atoms. The average molecular weight is 364 g/mol. The van der Waals surface area contributed by atoms with Gasteiger partial charge in [0.15, 0.2) is 6.61 Å². The zero-order valence-electron chi connectivity index (χ0n) is 14.9. The van der Waals surface area contributed by atoms with E-state index in [1.54, 1.807) is 12.4 Å². The molecule has 6 heteroatoms. The van der Waals surface area contributed by atoms with E-state index in [-0.39, 0.29) is 30.5 Å². The summed E-state index contributed by atoms with van der Waals surface area (Å²) in [6.07, 6.45) is 3.58. The van der Waals surface area contributed by atoms with Gasteiger partial charge in [0.05, 0.1) is 0 Å². The standard InChI is InChI=1S/C19H25N3O2.ClH/c1-19(2,3)22-18(23)14-24-17-6-4-15(5-7-17)12-21-13-16-8-10-20-11-9-16;/h4-11,21H,12-14H2,1-3H3,(H,22,23);1H. The van der Waals surface area contributed by atoms with Crippen LogP contribution in [0.2, 0.25) is 0 Å². The van der Waals surface area contributed by atoms with Crippen molar-refractivity contribution in [3.05, 3.63) is 59.9 Å². The summed E-state index contributed by atoms with van der Waals surface area (Å²) in [5, 5.41) is 6.25. The molecule has 136 valence electrons. The van der Waals surface area contributed by atoms with Gasteiger partial charge in [0.1, 0.15) is 5.75 Å². The summed E-state index contributed by atoms with van der Waals surface area (Å²) < 4.78 is 5.50. The summed E-state index contributed by atoms with van der Waals surface area (Å²) in [5.41, 5.74) is 2.12. The summed E-state index contributed by atoms with van der Waals surface area (Å²) in [7, 11) is 0. The topological polar surface area (TPSA) is 63.2 Å². The van der Waals surface area contributed by atoms with Gasteiger partial charge >= 0.3 is 0 Å². The van der Waals surface area contributed by atoms with Crippen molar-refractivity contribution in [1.29, 1.82) is 0 Å². The van der Waals surface area contributed by atoms with E-state index in [0.717, 1.165) is 18.7 Å². The van der Waals surface area contributed by atoms with Gasteiger partial charge in [-0.25, -0.2) is 0 Å². The molecule has 0 aliphatic heterocycles. The number of carbonyl (C=O) groups excluding carboxylic acids is 1. The molecule has 2 rings (SSSR count). The van der Waals surface area contributed by atoms with E-state index in [1.165, 1.54) is 5.56 Å². The minimum Gasteiger partial charge on any atom is -0.484 e. The molecule has 1 amide bonds. The van der Waals surface area contributed by atoms with Crippen LogP contribution in [0.5, 0.6) is 5.75 Å². The third kappa shape index (κ3) is 8.52. The van der Waals surface area contributed by atoms with Crippen LogP contribution in [-0.4, -0.2) is 23.0 Å². The smallest absolute Gasteiger partial charge is 0.258 e. The molecule has 1 aromatic heterocycles. The Balaban J connectivity index is 0.00000312. The molecule has 0 fully saturated rings. The second-order valence-corrected chi connectivity index (χ2v) is 6.69. The van der Waals surface area contributed by atoms with Crippen molar-refractivity contribution >= 4 is 18.3 Å². The predicted octanol–water partition coefficient (Wildman–Crippen LogP) is 3.09. The quantitative estimate of drug-likeness (QED) is 0.793. The lowest BCUT2D eigenvalue weighted by atomic mass is 10.1. The highest BCUT2D eigenvalue weighted by molar-refractivity contribution is 5.85. The Hall–Kier alpha value is -2.11. The molecular formula is C19H26ClN3O2. The lowest BCUT2D eigenvalue weighted by Gasteiger charge is -2.20. The first-order valence-corrected chi connectivity index (χ1v) is 8.05. The van der Waals surface area contributed by atoms with Crippen LogP contribution in [-0.2, 0) is 17.9 Å². The number of nitrogens with zero attached hydrogens (tertiary/aromatic N) is 1. The number of aromatic nitrogens is 1. The Labute approximate surface area is 155 Å². The zero-order valence-corrected chi connectivity index (χ0v) is 15.7. The molecule has 1 aromatic carbocycles. The van der Waals surface area contributed by atoms with E-state index in [4.69, 9.17) is 4.74 Å². The highest BCUT2D eigenvalue weighted by Crippen LogP contribution is 2.12. The van der Waals surface area contributed by atoms with Crippen LogP contribution in [0.1, 0.15) is 31.9 Å². The number of nitrogens with one attached hydrogen (secondary N) is 2. The molecule has 5 nitrogen and oxygen atoms in total. The van der Waals surface area contributed by atoms with Crippen molar-refractivity contribution in [3.63, 3.8) is 0 Å². The average Bonchev–Trinajstić information content (AvgIpc) is 2.53. The Bertz CT molecular complexity index is 640. The Morgan fingerprint density at radius 2 is 1.56 bits per heavy atom. The van der Waals surface area contributed by atoms with E-state index < -0.39 is 0 Å². The van der Waals surface area contributed by atoms with Crippen molar-refractivity contribution < 1.29 is 9.53 Å². The van der Waals surface area contributed by atoms with Gasteiger partial charge in [0.2, 0.25) is 0 Å². The lowest BCUT2D eigenvalue weighted by Crippen LogP contribution is -2.43. The monoisotopic (exact) mass is 363 g/mol. The van der Waals surface area contributed by atoms with Crippen LogP contribution >= 0.6 is 12.4 Å². The summed E-state index contributed by atoms with van der Waals surface area (Å²) in [4.78, 5) is 15.7. The molecule has 0 aliphatic rings. The minimum absolute atomic E-state index is 0. The maximum atomic E-state index is 11.7. The number of ether oxygens (including phenoxy) is 1. The minimum atomic E-state index is -0.245. The first-order valence-electron chi connectivity index (χ1n) is 8.05. The van der Waals surface area contributed by atoms with Crippen LogP contribution in [0.3, 0.4) is 0 Å². The highest BCUT2D eigenvalue weighted by atomic mass is 35.5. The molecule has 1 heterocycles. The number of halogens is 1. The number of carbonyl (C=O) groups is 1. The second kappa shape index (κ2) is 10.0. The number of hydrogen-bond acceptors (Lipinski definition) is 4. The normalized spacial score (nSPS) is 10.7. The fourth-order valence-corrected chi connectivity index (χ4v) is 2.16. The van der Waals surface area contributed by atoms with Crippen molar-refractivity contribution in [2.75, 3.05) is 6.61 Å². The first kappa shape index (κ1) is 20.9. The molecule has 0 radical (unpaired) electrons. The number of amides is 1. The summed E-state index contributed by atoms with van der Waals surface area (Å²) in [6.45, 7) is 7.42. The lowest BCUT2D eigenvalue weighted by molar-refractivity contribution is -0.124. The van der Waals surface area contributed by atoms with Gasteiger partial charge < -0.3 is 15.4 Å². The number of benzene rings is 1. The van der Waals surface area contributed by atoms with Crippen LogP contribution in [0.25, 0.3) is 0 Å². The molecule has 0 unspecified atom stereocenters. The Morgan fingerprint density at radius 1 is 1.00 bits per heavy atom. The fraction of sp³-hybridized carbons (Fsp3) is 0.368. The molecule has 0 atom stereocenters. The van der Waals surface area contributed by atoms with Gasteiger partial charge in [-0.15, -0.1) is 12.4 Å². The summed E-state index contributed by atoms with van der Waals surface area (Å²) in [6, 6.07) is 11.7. The summed E-state index contributed by atoms with van der Waals surface area (Å²) in [5.74, 6) is 0.572. The molecule has 0 spiro atoms. The van der Waals surface area contributed by atoms with Crippen molar-refractivity contribution in [1.82, 2.24) is 15.6 Å². The van der Waals surface area contributed by atoms with E-state index in [9.17, 15) is 4.79 Å². The Kier molecular flexibility index (Phi) is 8.38. The van der Waals surface area contributed by atoms with Crippen LogP contribution in [0, 0.1) is 0 Å². The summed E-state index contributed by atoms with van der Waals surface area (Å²) >= 11 is 0. The third-order valence-electron chi connectivity index (χ3n) is 3.22. The SMILES string of the molecule is CC(C)(C)NC(=O)COc1ccc(CNCc2ccncc2)cc1.Cl. The van der Waals surface area contributed by atoms with Gasteiger partial charge in [-0.05, 0) is 56.2 Å². The maximum absolute atomic E-state index is 11.7. The van der Waals surface area contributed by atoms with Crippen molar-refractivity contribution in [2.24, 2.45) is 0 Å². The van der Waals surface area contributed by atoms with Gasteiger partial charge in [-0.2, -0.15) is 0 Å². The third-order valence-corrected chi connectivity index (χ3v) is 3.22. The zero-order chi connectivity index (χ0) is 17.4. The molecule has 0 aliphatic carbocycles. The van der Waals surface area contributed by atoms with E-state index >= 15 is 0 Å². The van der Waals surface area contributed by atoms with Crippen molar-refractivity contribution in [3.8, 4) is 5.75 Å². The van der Waals surface area contributed by atoms with E-state index in [0.29, 0.717) is 5.75 Å². The maximum Gasteiger partial charge on any atom is 0.258 e. The molecular weight excluding hydrogens is 338 g/mol. The van der Waals surface area contributed by atoms with Gasteiger partial charge in [0.25, 0.3) is 5.91 Å². The van der Waals surface area contributed by atoms with E-state index in [1.807, 2.05) is 57.2 Å². The number of rotatable bonds is 7. The van der Waals surface area contributed by atoms with E-state index in [2.05, 4.69) is 15.6 Å². The van der Waals surface area contributed by atoms with Gasteiger partial charge in [0, 0.05) is 31.0 Å². The van der Waals surface area contributed by atoms with Crippen molar-refractivity contribution in [2.45, 2.75) is 39.4 Å². The fourth-order valence-electron chi connectivity index (χ4n) is 2.16. The molecule has 0 saturated carbocycles. The van der Waals surface area contributed by atoms with Crippen LogP contribution < -0.4 is 15.4 Å². The largest absolute Gasteiger partial charge is 0.484 e. The molecule has 0 saturated heterocycles. The van der Waals surface area contributed by atoms with Gasteiger partial charge in [-0.1, -0.05) is 12.1 Å². The molecule has 25 heavy (non-hydrogen) atoms. The number of hydrogen-bond donors (Lipinski definition) is 2. The Morgan fingerprint density at radius 3 is 2.12 bits per heavy atom. The second-order valence-electron chi connectivity index (χ2n) is 6.69. The number of pyridine rings is 1. The molecule has 2 N–H and O–H groups in total. The van der Waals surface area contributed by atoms with Crippen LogP contribution in [0.15, 0.2) is 48.8 Å². The van der Waals surface area contributed by atoms with Gasteiger partial charge in [-0.3, -0.25) is 9.78 Å². The van der Waals surface area contributed by atoms with Crippen LogP contribution in [0.4, 0.5) is 0 Å². The first-order chi connectivity index (χ1) is 11.4.